The number of unbranched alkanes of at least 4 members (excludes halogenated alkanes) is 1. The van der Waals surface area contributed by atoms with E-state index < -0.39 is 0 Å². The molecule has 0 saturated heterocycles. The molecule has 0 aliphatic heterocycles. The molecule has 1 aromatic heterocycles. The molecule has 0 aliphatic carbocycles. The molecule has 0 bridgehead atoms. The third-order valence-corrected chi connectivity index (χ3v) is 1.92. The van der Waals surface area contributed by atoms with Crippen LogP contribution in [0.5, 0.6) is 0 Å². The third-order valence-electron chi connectivity index (χ3n) is 1.92. The number of hydrogen-bond donors (Lipinski definition) is 0. The lowest BCUT2D eigenvalue weighted by atomic mass is 10.0. The standard InChI is InChI=1S/C11H15N.BrH/c1-3-4-5-10(2)11-6-8-12-9-7-11;/h6-9H,2-5H2,1H3;1H. The van der Waals surface area contributed by atoms with Crippen LogP contribution in [0.3, 0.4) is 0 Å². The van der Waals surface area contributed by atoms with E-state index in [2.05, 4.69) is 18.5 Å². The highest BCUT2D eigenvalue weighted by molar-refractivity contribution is 8.93. The monoisotopic (exact) mass is 241 g/mol. The van der Waals surface area contributed by atoms with E-state index in [4.69, 9.17) is 0 Å². The molecule has 1 nitrogen and oxygen atoms in total. The number of nitrogens with zero attached hydrogens (tertiary/aromatic N) is 1. The highest BCUT2D eigenvalue weighted by Crippen LogP contribution is 2.16. The van der Waals surface area contributed by atoms with Crippen LogP contribution in [0.15, 0.2) is 31.1 Å². The van der Waals surface area contributed by atoms with Crippen molar-refractivity contribution in [2.45, 2.75) is 26.2 Å². The molecule has 13 heavy (non-hydrogen) atoms. The Labute approximate surface area is 90.7 Å². The zero-order valence-corrected chi connectivity index (χ0v) is 9.71. The fourth-order valence-electron chi connectivity index (χ4n) is 1.12. The Morgan fingerprint density at radius 2 is 2.00 bits per heavy atom. The summed E-state index contributed by atoms with van der Waals surface area (Å²) in [5.74, 6) is 0. The van der Waals surface area contributed by atoms with Gasteiger partial charge in [-0.1, -0.05) is 19.9 Å². The van der Waals surface area contributed by atoms with Crippen LogP contribution >= 0.6 is 17.0 Å². The first-order valence-corrected chi connectivity index (χ1v) is 4.42. The van der Waals surface area contributed by atoms with E-state index in [-0.39, 0.29) is 17.0 Å². The predicted octanol–water partition coefficient (Wildman–Crippen LogP) is 3.86. The molecule has 0 radical (unpaired) electrons. The molecule has 0 N–H and O–H groups in total. The average molecular weight is 242 g/mol. The molecule has 0 aromatic carbocycles. The van der Waals surface area contributed by atoms with Crippen LogP contribution in [0, 0.1) is 0 Å². The minimum atomic E-state index is 0. The topological polar surface area (TPSA) is 12.9 Å². The Balaban J connectivity index is 0.00000144. The maximum Gasteiger partial charge on any atom is 0.0273 e. The highest BCUT2D eigenvalue weighted by Gasteiger charge is 1.96. The summed E-state index contributed by atoms with van der Waals surface area (Å²) in [5.41, 5.74) is 2.44. The van der Waals surface area contributed by atoms with Crippen LogP contribution in [-0.2, 0) is 0 Å². The zero-order valence-electron chi connectivity index (χ0n) is 7.99. The van der Waals surface area contributed by atoms with E-state index in [1.807, 2.05) is 24.5 Å². The molecule has 2 heteroatoms. The molecule has 0 aliphatic rings. The van der Waals surface area contributed by atoms with Gasteiger partial charge in [0.05, 0.1) is 0 Å². The normalized spacial score (nSPS) is 9.00. The molecule has 0 unspecified atom stereocenters. The molecule has 0 fully saturated rings. The Morgan fingerprint density at radius 1 is 1.38 bits per heavy atom. The first-order chi connectivity index (χ1) is 5.84. The van der Waals surface area contributed by atoms with E-state index >= 15 is 0 Å². The van der Waals surface area contributed by atoms with Gasteiger partial charge in [-0.3, -0.25) is 4.98 Å². The van der Waals surface area contributed by atoms with Crippen LogP contribution in [0.4, 0.5) is 0 Å². The lowest BCUT2D eigenvalue weighted by molar-refractivity contribution is 0.825. The molecule has 0 spiro atoms. The minimum Gasteiger partial charge on any atom is -0.265 e. The molecule has 72 valence electrons. The summed E-state index contributed by atoms with van der Waals surface area (Å²) >= 11 is 0. The highest BCUT2D eigenvalue weighted by atomic mass is 79.9. The molecule has 1 aromatic rings. The third kappa shape index (κ3) is 4.23. The van der Waals surface area contributed by atoms with Gasteiger partial charge in [0.15, 0.2) is 0 Å². The maximum absolute atomic E-state index is 4.03. The fourth-order valence-corrected chi connectivity index (χ4v) is 1.12. The van der Waals surface area contributed by atoms with Crippen LogP contribution in [0.1, 0.15) is 31.7 Å². The van der Waals surface area contributed by atoms with Gasteiger partial charge in [-0.05, 0) is 36.1 Å². The Morgan fingerprint density at radius 3 is 2.54 bits per heavy atom. The van der Waals surface area contributed by atoms with Crippen molar-refractivity contribution >= 4 is 22.6 Å². The van der Waals surface area contributed by atoms with Gasteiger partial charge in [0.25, 0.3) is 0 Å². The van der Waals surface area contributed by atoms with Crippen molar-refractivity contribution in [2.24, 2.45) is 0 Å². The molecular formula is C11H16BrN. The maximum atomic E-state index is 4.03. The second-order valence-electron chi connectivity index (χ2n) is 2.94. The van der Waals surface area contributed by atoms with Gasteiger partial charge in [-0.15, -0.1) is 17.0 Å². The average Bonchev–Trinajstić information content (AvgIpc) is 2.15. The Hall–Kier alpha value is -0.630. The van der Waals surface area contributed by atoms with Gasteiger partial charge >= 0.3 is 0 Å². The lowest BCUT2D eigenvalue weighted by Gasteiger charge is -2.03. The second-order valence-corrected chi connectivity index (χ2v) is 2.94. The van der Waals surface area contributed by atoms with Crippen LogP contribution in [-0.4, -0.2) is 4.98 Å². The van der Waals surface area contributed by atoms with Gasteiger partial charge in [-0.25, -0.2) is 0 Å². The smallest absolute Gasteiger partial charge is 0.0273 e. The van der Waals surface area contributed by atoms with Crippen molar-refractivity contribution in [2.75, 3.05) is 0 Å². The van der Waals surface area contributed by atoms with Crippen LogP contribution in [0.25, 0.3) is 5.57 Å². The number of pyridine rings is 1. The van der Waals surface area contributed by atoms with Crippen LogP contribution < -0.4 is 0 Å². The van der Waals surface area contributed by atoms with Crippen molar-refractivity contribution in [3.05, 3.63) is 36.7 Å². The fraction of sp³-hybridized carbons (Fsp3) is 0.364. The molecule has 1 rings (SSSR count). The van der Waals surface area contributed by atoms with Gasteiger partial charge in [0, 0.05) is 12.4 Å². The predicted molar refractivity (Wildman–Crippen MR) is 63.1 cm³/mol. The van der Waals surface area contributed by atoms with Crippen molar-refractivity contribution in [3.8, 4) is 0 Å². The quantitative estimate of drug-likeness (QED) is 0.781. The number of halogens is 1. The number of rotatable bonds is 4. The summed E-state index contributed by atoms with van der Waals surface area (Å²) in [5, 5.41) is 0. The summed E-state index contributed by atoms with van der Waals surface area (Å²) in [4.78, 5) is 3.97. The van der Waals surface area contributed by atoms with Crippen molar-refractivity contribution < 1.29 is 0 Å². The number of aromatic nitrogens is 1. The van der Waals surface area contributed by atoms with E-state index in [1.54, 1.807) is 0 Å². The van der Waals surface area contributed by atoms with E-state index in [0.717, 1.165) is 6.42 Å². The number of allylic oxidation sites excluding steroid dienone is 1. The largest absolute Gasteiger partial charge is 0.265 e. The molecule has 0 atom stereocenters. The van der Waals surface area contributed by atoms with Gasteiger partial charge in [0.1, 0.15) is 0 Å². The summed E-state index contributed by atoms with van der Waals surface area (Å²) in [6.07, 6.45) is 7.17. The van der Waals surface area contributed by atoms with E-state index in [0.29, 0.717) is 0 Å². The molecular weight excluding hydrogens is 226 g/mol. The first-order valence-electron chi connectivity index (χ1n) is 4.42. The zero-order chi connectivity index (χ0) is 8.81. The molecule has 1 heterocycles. The molecule has 0 amide bonds. The Bertz CT molecular complexity index is 244. The van der Waals surface area contributed by atoms with Gasteiger partial charge in [-0.2, -0.15) is 0 Å². The Kier molecular flexibility index (Phi) is 6.51. The van der Waals surface area contributed by atoms with Crippen molar-refractivity contribution in [1.82, 2.24) is 4.98 Å². The summed E-state index contributed by atoms with van der Waals surface area (Å²) in [6, 6.07) is 4.02. The summed E-state index contributed by atoms with van der Waals surface area (Å²) < 4.78 is 0. The van der Waals surface area contributed by atoms with Crippen molar-refractivity contribution in [1.29, 1.82) is 0 Å². The SMILES string of the molecule is Br.C=C(CCCC)c1ccncc1. The first kappa shape index (κ1) is 12.4. The molecule has 0 saturated carbocycles. The van der Waals surface area contributed by atoms with Gasteiger partial charge < -0.3 is 0 Å². The summed E-state index contributed by atoms with van der Waals surface area (Å²) in [6.45, 7) is 6.23. The van der Waals surface area contributed by atoms with Crippen molar-refractivity contribution in [3.63, 3.8) is 0 Å². The number of hydrogen-bond acceptors (Lipinski definition) is 1. The second kappa shape index (κ2) is 6.84. The van der Waals surface area contributed by atoms with Gasteiger partial charge in [0.2, 0.25) is 0 Å². The minimum absolute atomic E-state index is 0. The summed E-state index contributed by atoms with van der Waals surface area (Å²) in [7, 11) is 0. The lowest BCUT2D eigenvalue weighted by Crippen LogP contribution is -1.83. The van der Waals surface area contributed by atoms with Crippen LogP contribution in [0.2, 0.25) is 0 Å². The van der Waals surface area contributed by atoms with E-state index in [1.165, 1.54) is 24.0 Å². The van der Waals surface area contributed by atoms with E-state index in [9.17, 15) is 0 Å².